The smallest absolute Gasteiger partial charge is 0.362 e. The molecule has 0 saturated carbocycles. The molecule has 4 aliphatic heterocycles. The summed E-state index contributed by atoms with van der Waals surface area (Å²) in [4.78, 5) is 0. The van der Waals surface area contributed by atoms with E-state index in [9.17, 15) is 9.13 Å². The van der Waals surface area contributed by atoms with E-state index in [1.807, 2.05) is 27.7 Å². The third kappa shape index (κ3) is 7.91. The van der Waals surface area contributed by atoms with Gasteiger partial charge in [0.05, 0.1) is 89.9 Å². The first-order valence-corrected chi connectivity index (χ1v) is 26.0. The lowest BCUT2D eigenvalue weighted by Crippen LogP contribution is -2.26. The van der Waals surface area contributed by atoms with E-state index in [2.05, 4.69) is 46.2 Å². The van der Waals surface area contributed by atoms with E-state index in [0.717, 1.165) is 70.9 Å². The molecule has 0 fully saturated rings. The molecule has 8 rings (SSSR count). The molecule has 0 bridgehead atoms. The van der Waals surface area contributed by atoms with Gasteiger partial charge in [0.15, 0.2) is 0 Å². The summed E-state index contributed by atoms with van der Waals surface area (Å²) in [5.41, 5.74) is 22.6. The fourth-order valence-electron chi connectivity index (χ4n) is 10.1. The van der Waals surface area contributed by atoms with Gasteiger partial charge in [-0.3, -0.25) is 9.13 Å². The third-order valence-corrected chi connectivity index (χ3v) is 19.4. The third-order valence-electron chi connectivity index (χ3n) is 13.3. The van der Waals surface area contributed by atoms with E-state index in [1.165, 1.54) is 66.2 Å². The molecule has 336 valence electrons. The number of fused-ring (bicyclic) bond motifs is 4. The maximum atomic E-state index is 14.6. The van der Waals surface area contributed by atoms with Gasteiger partial charge in [-0.15, -0.1) is 18.5 Å². The maximum absolute atomic E-state index is 14.6. The van der Waals surface area contributed by atoms with Gasteiger partial charge in [-0.25, -0.2) is 0 Å². The first kappa shape index (κ1) is 47.8. The van der Waals surface area contributed by atoms with E-state index >= 15 is 0 Å². The number of ether oxygens (including phenoxy) is 4. The predicted octanol–water partition coefficient (Wildman–Crippen LogP) is 10.1. The van der Waals surface area contributed by atoms with Crippen molar-refractivity contribution in [3.05, 3.63) is 89.0 Å². The van der Waals surface area contributed by atoms with Crippen molar-refractivity contribution in [3.8, 4) is 22.3 Å². The minimum absolute atomic E-state index is 0.210. The summed E-state index contributed by atoms with van der Waals surface area (Å²) >= 11 is 0. The highest BCUT2D eigenvalue weighted by Gasteiger charge is 2.42. The van der Waals surface area contributed by atoms with Crippen molar-refractivity contribution in [2.75, 3.05) is 26.4 Å². The van der Waals surface area contributed by atoms with Crippen LogP contribution in [0.1, 0.15) is 117 Å². The molecule has 14 heteroatoms. The monoisotopic (exact) mass is 924 g/mol. The zero-order valence-electron chi connectivity index (χ0n) is 38.6. The Morgan fingerprint density at radius 2 is 0.581 bits per heavy atom. The Balaban J connectivity index is 0.000000206. The van der Waals surface area contributed by atoms with Gasteiger partial charge in [-0.2, -0.15) is 0 Å². The molecule has 0 saturated heterocycles. The summed E-state index contributed by atoms with van der Waals surface area (Å²) in [7, 11) is -1.59. The van der Waals surface area contributed by atoms with Gasteiger partial charge in [0.1, 0.15) is 0 Å². The second kappa shape index (κ2) is 19.0. The van der Waals surface area contributed by atoms with Gasteiger partial charge in [-0.1, -0.05) is 0 Å². The quantitative estimate of drug-likeness (QED) is 0.128. The Labute approximate surface area is 373 Å². The molecule has 0 amide bonds. The highest BCUT2D eigenvalue weighted by Crippen LogP contribution is 2.57. The van der Waals surface area contributed by atoms with E-state index in [-0.39, 0.29) is 26.4 Å². The topological polar surface area (TPSA) is 108 Å². The van der Waals surface area contributed by atoms with Gasteiger partial charge in [0, 0.05) is 11.1 Å². The Kier molecular flexibility index (Phi) is 14.7. The lowest BCUT2D eigenvalue weighted by atomic mass is 9.85. The second-order valence-corrected chi connectivity index (χ2v) is 21.6. The van der Waals surface area contributed by atoms with E-state index in [1.54, 1.807) is 27.7 Å². The maximum Gasteiger partial charge on any atom is 0.362 e. The molecule has 2 unspecified atom stereocenters. The molecule has 0 radical (unpaired) electrons. The molecule has 62 heavy (non-hydrogen) atoms. The molecule has 4 aliphatic rings. The van der Waals surface area contributed by atoms with Gasteiger partial charge >= 0.3 is 15.2 Å². The summed E-state index contributed by atoms with van der Waals surface area (Å²) in [5.74, 6) is 0. The number of hydrogen-bond donors (Lipinski definition) is 0. The molecular formula is C48H64O10P4. The van der Waals surface area contributed by atoms with Gasteiger partial charge in [0.25, 0.3) is 0 Å². The van der Waals surface area contributed by atoms with Crippen LogP contribution in [-0.4, -0.2) is 26.4 Å². The molecule has 4 heterocycles. The average Bonchev–Trinajstić information content (AvgIpc) is 4.08. The first-order valence-electron chi connectivity index (χ1n) is 21.7. The van der Waals surface area contributed by atoms with Gasteiger partial charge in [0.2, 0.25) is 0 Å². The zero-order chi connectivity index (χ0) is 45.0. The normalized spacial score (nSPS) is 15.5. The fourth-order valence-corrected chi connectivity index (χ4v) is 15.4. The molecule has 10 nitrogen and oxygen atoms in total. The SMILES string of the molecule is CCOP(=O)(OCC)c1c(C)c2c(c(C)c1-c1c(C)c3c(c(C)c1P(=O)(OCC)OCC)COC3)COC2.Cc1c(P)c(-c2c(C)c3c(c(C)c2P)COC3)c(C)c2c1COC2. The van der Waals surface area contributed by atoms with Crippen molar-refractivity contribution < 1.29 is 46.2 Å². The second-order valence-electron chi connectivity index (χ2n) is 16.5. The molecule has 0 aliphatic carbocycles. The largest absolute Gasteiger partial charge is 0.372 e. The number of benzene rings is 4. The lowest BCUT2D eigenvalue weighted by molar-refractivity contribution is 0.134. The van der Waals surface area contributed by atoms with Crippen LogP contribution in [0.3, 0.4) is 0 Å². The van der Waals surface area contributed by atoms with Crippen LogP contribution in [0, 0.1) is 55.4 Å². The van der Waals surface area contributed by atoms with Gasteiger partial charge < -0.3 is 37.0 Å². The van der Waals surface area contributed by atoms with Crippen molar-refractivity contribution >= 4 is 54.9 Å². The molecular weight excluding hydrogens is 860 g/mol. The predicted molar refractivity (Wildman–Crippen MR) is 255 cm³/mol. The Bertz CT molecular complexity index is 2370. The minimum Gasteiger partial charge on any atom is -0.372 e. The standard InChI is InChI=1S/C28H40O8P2.C20H24O2P2/c1-9-33-37(29,34-10-2)27-19(7)23-15-31-13-21(23)17(5)25(27)26-18(6)22-14-32-16-24(22)20(8)28(26)38(30,35-11-3)36-12-4;1-9-13-5-21-7-15(13)11(3)19(23)17(9)18-10(2)14-6-22-8-16(14)12(4)20(18)24/h9-16H2,1-8H3;5-8,23-24H2,1-4H3. The van der Waals surface area contributed by atoms with E-state index in [4.69, 9.17) is 37.0 Å². The fraction of sp³-hybridized carbons (Fsp3) is 0.500. The van der Waals surface area contributed by atoms with Crippen molar-refractivity contribution in [2.45, 2.75) is 136 Å². The van der Waals surface area contributed by atoms with Crippen LogP contribution >= 0.6 is 33.7 Å². The van der Waals surface area contributed by atoms with Crippen molar-refractivity contribution in [3.63, 3.8) is 0 Å². The Morgan fingerprint density at radius 1 is 0.371 bits per heavy atom. The summed E-state index contributed by atoms with van der Waals surface area (Å²) in [6, 6.07) is 0. The molecule has 0 N–H and O–H groups in total. The highest BCUT2D eigenvalue weighted by molar-refractivity contribution is 7.63. The van der Waals surface area contributed by atoms with Gasteiger partial charge in [-0.05, 0) is 194 Å². The summed E-state index contributed by atoms with van der Waals surface area (Å²) in [6.45, 7) is 29.6. The van der Waals surface area contributed by atoms with E-state index in [0.29, 0.717) is 48.2 Å². The number of rotatable bonds is 12. The summed E-state index contributed by atoms with van der Waals surface area (Å²) in [5, 5.41) is 3.60. The zero-order valence-corrected chi connectivity index (χ0v) is 42.7. The minimum atomic E-state index is -3.79. The molecule has 4 aromatic carbocycles. The average molecular weight is 925 g/mol. The summed E-state index contributed by atoms with van der Waals surface area (Å²) < 4.78 is 76.1. The van der Waals surface area contributed by atoms with Crippen LogP contribution in [0.15, 0.2) is 0 Å². The lowest BCUT2D eigenvalue weighted by Gasteiger charge is -2.30. The Hall–Kier alpha value is -2.12. The van der Waals surface area contributed by atoms with E-state index < -0.39 is 15.2 Å². The van der Waals surface area contributed by atoms with Crippen molar-refractivity contribution in [1.29, 1.82) is 0 Å². The Morgan fingerprint density at radius 3 is 0.823 bits per heavy atom. The first-order chi connectivity index (χ1) is 29.5. The molecule has 4 aromatic rings. The van der Waals surface area contributed by atoms with Crippen molar-refractivity contribution in [2.24, 2.45) is 0 Å². The molecule has 0 aromatic heterocycles. The van der Waals surface area contributed by atoms with Crippen LogP contribution in [0.25, 0.3) is 22.3 Å². The molecule has 0 spiro atoms. The summed E-state index contributed by atoms with van der Waals surface area (Å²) in [6.07, 6.45) is 0. The van der Waals surface area contributed by atoms with Crippen LogP contribution in [-0.2, 0) is 99.0 Å². The van der Waals surface area contributed by atoms with Crippen LogP contribution in [0.4, 0.5) is 0 Å². The highest BCUT2D eigenvalue weighted by atomic mass is 31.2. The van der Waals surface area contributed by atoms with Crippen LogP contribution < -0.4 is 21.2 Å². The van der Waals surface area contributed by atoms with Crippen molar-refractivity contribution in [1.82, 2.24) is 0 Å². The van der Waals surface area contributed by atoms with Crippen LogP contribution in [0.2, 0.25) is 0 Å². The number of hydrogen-bond acceptors (Lipinski definition) is 10. The van der Waals surface area contributed by atoms with Crippen LogP contribution in [0.5, 0.6) is 0 Å². The molecule has 2 atom stereocenters.